The van der Waals surface area contributed by atoms with Crippen LogP contribution >= 0.6 is 0 Å². The molecule has 5 heteroatoms. The Labute approximate surface area is 118 Å². The first-order valence-corrected chi connectivity index (χ1v) is 6.59. The molecule has 5 nitrogen and oxygen atoms in total. The van der Waals surface area contributed by atoms with Gasteiger partial charge < -0.3 is 10.5 Å². The third-order valence-electron chi connectivity index (χ3n) is 3.08. The number of benzene rings is 1. The van der Waals surface area contributed by atoms with Crippen molar-refractivity contribution in [1.82, 2.24) is 5.43 Å². The van der Waals surface area contributed by atoms with Gasteiger partial charge in [-0.25, -0.2) is 5.43 Å². The molecule has 3 N–H and O–H groups in total. The number of nitrogens with two attached hydrogens (primary N) is 1. The van der Waals surface area contributed by atoms with Crippen molar-refractivity contribution in [3.05, 3.63) is 35.4 Å². The summed E-state index contributed by atoms with van der Waals surface area (Å²) in [5.41, 5.74) is 10.1. The van der Waals surface area contributed by atoms with Gasteiger partial charge in [-0.1, -0.05) is 32.0 Å². The van der Waals surface area contributed by atoms with Gasteiger partial charge in [0.2, 0.25) is 0 Å². The first kappa shape index (κ1) is 14.3. The minimum atomic E-state index is -0.551. The van der Waals surface area contributed by atoms with Crippen LogP contribution in [0.2, 0.25) is 0 Å². The molecule has 0 spiro atoms. The Balaban J connectivity index is 1.96. The van der Waals surface area contributed by atoms with E-state index in [4.69, 9.17) is 10.5 Å². The van der Waals surface area contributed by atoms with Gasteiger partial charge in [0.05, 0.1) is 12.3 Å². The number of hydrogen-bond donors (Lipinski definition) is 2. The van der Waals surface area contributed by atoms with Crippen LogP contribution in [0.1, 0.15) is 19.4 Å². The molecule has 0 saturated heterocycles. The van der Waals surface area contributed by atoms with Gasteiger partial charge in [0, 0.05) is 11.1 Å². The highest BCUT2D eigenvalue weighted by molar-refractivity contribution is 5.89. The van der Waals surface area contributed by atoms with Gasteiger partial charge in [-0.3, -0.25) is 4.79 Å². The number of para-hydroxylation sites is 1. The number of nitrogens with zero attached hydrogens (tertiary/aromatic N) is 1. The van der Waals surface area contributed by atoms with Gasteiger partial charge >= 0.3 is 0 Å². The van der Waals surface area contributed by atoms with Crippen LogP contribution in [0.25, 0.3) is 6.08 Å². The summed E-state index contributed by atoms with van der Waals surface area (Å²) < 4.78 is 5.58. The van der Waals surface area contributed by atoms with Crippen LogP contribution in [0, 0.1) is 5.92 Å². The monoisotopic (exact) mass is 273 g/mol. The fourth-order valence-electron chi connectivity index (χ4n) is 1.76. The lowest BCUT2D eigenvalue weighted by atomic mass is 10.1. The highest BCUT2D eigenvalue weighted by atomic mass is 16.5. The summed E-state index contributed by atoms with van der Waals surface area (Å²) in [6, 6.07) is 7.21. The molecule has 1 heterocycles. The Morgan fingerprint density at radius 2 is 2.20 bits per heavy atom. The number of fused-ring (bicyclic) bond motifs is 1. The molecule has 1 aliphatic heterocycles. The molecular formula is C15H19N3O2. The second-order valence-corrected chi connectivity index (χ2v) is 5.05. The molecule has 0 aromatic heterocycles. The minimum absolute atomic E-state index is 0.0781. The molecule has 0 aliphatic carbocycles. The van der Waals surface area contributed by atoms with Gasteiger partial charge in [-0.15, -0.1) is 0 Å². The molecule has 0 radical (unpaired) electrons. The molecule has 0 unspecified atom stereocenters. The molecule has 1 amide bonds. The van der Waals surface area contributed by atoms with Crippen LogP contribution in [0.4, 0.5) is 0 Å². The summed E-state index contributed by atoms with van der Waals surface area (Å²) in [6.07, 6.45) is 3.57. The van der Waals surface area contributed by atoms with Crippen molar-refractivity contribution in [2.45, 2.75) is 19.9 Å². The number of hydrogen-bond acceptors (Lipinski definition) is 4. The Bertz CT molecular complexity index is 550. The van der Waals surface area contributed by atoms with Crippen molar-refractivity contribution in [3.63, 3.8) is 0 Å². The zero-order valence-electron chi connectivity index (χ0n) is 11.7. The fourth-order valence-corrected chi connectivity index (χ4v) is 1.76. The number of rotatable bonds is 4. The van der Waals surface area contributed by atoms with Crippen LogP contribution in [-0.2, 0) is 4.79 Å². The number of hydrazone groups is 1. The number of ether oxygens (including phenoxy) is 1. The maximum Gasteiger partial charge on any atom is 0.257 e. The molecule has 20 heavy (non-hydrogen) atoms. The van der Waals surface area contributed by atoms with Crippen LogP contribution in [0.5, 0.6) is 5.75 Å². The second kappa shape index (κ2) is 6.34. The zero-order chi connectivity index (χ0) is 14.5. The van der Waals surface area contributed by atoms with Gasteiger partial charge in [0.25, 0.3) is 5.91 Å². The van der Waals surface area contributed by atoms with Crippen LogP contribution in [-0.4, -0.2) is 24.8 Å². The molecular weight excluding hydrogens is 254 g/mol. The van der Waals surface area contributed by atoms with E-state index in [1.54, 1.807) is 6.21 Å². The van der Waals surface area contributed by atoms with E-state index in [0.717, 1.165) is 16.9 Å². The summed E-state index contributed by atoms with van der Waals surface area (Å²) in [7, 11) is 0. The Hall–Kier alpha value is -2.14. The molecule has 2 rings (SSSR count). The van der Waals surface area contributed by atoms with Gasteiger partial charge in [0.1, 0.15) is 12.4 Å². The second-order valence-electron chi connectivity index (χ2n) is 5.05. The molecule has 0 bridgehead atoms. The van der Waals surface area contributed by atoms with Crippen molar-refractivity contribution in [2.75, 3.05) is 6.61 Å². The van der Waals surface area contributed by atoms with Crippen molar-refractivity contribution >= 4 is 18.2 Å². The quantitative estimate of drug-likeness (QED) is 0.645. The third-order valence-corrected chi connectivity index (χ3v) is 3.08. The summed E-state index contributed by atoms with van der Waals surface area (Å²) in [5, 5.41) is 3.92. The summed E-state index contributed by atoms with van der Waals surface area (Å²) >= 11 is 0. The Morgan fingerprint density at radius 3 is 2.95 bits per heavy atom. The fraction of sp³-hybridized carbons (Fsp3) is 0.333. The van der Waals surface area contributed by atoms with Crippen LogP contribution in [0.15, 0.2) is 34.9 Å². The molecule has 1 aliphatic rings. The van der Waals surface area contributed by atoms with E-state index in [1.807, 2.05) is 44.2 Å². The Morgan fingerprint density at radius 1 is 1.45 bits per heavy atom. The van der Waals surface area contributed by atoms with E-state index in [0.29, 0.717) is 6.61 Å². The molecule has 1 atom stereocenters. The van der Waals surface area contributed by atoms with E-state index in [9.17, 15) is 4.79 Å². The first-order valence-electron chi connectivity index (χ1n) is 6.59. The zero-order valence-corrected chi connectivity index (χ0v) is 11.7. The van der Waals surface area contributed by atoms with Crippen molar-refractivity contribution in [3.8, 4) is 5.75 Å². The SMILES string of the molecule is CC(C)[C@H](N)C(=O)N/N=C\C1=Cc2ccccc2OC1. The lowest BCUT2D eigenvalue weighted by molar-refractivity contribution is -0.123. The van der Waals surface area contributed by atoms with E-state index >= 15 is 0 Å². The van der Waals surface area contributed by atoms with E-state index in [2.05, 4.69) is 10.5 Å². The molecule has 106 valence electrons. The first-order chi connectivity index (χ1) is 9.58. The molecule has 1 aromatic rings. The lowest BCUT2D eigenvalue weighted by Gasteiger charge is -2.15. The largest absolute Gasteiger partial charge is 0.488 e. The summed E-state index contributed by atoms with van der Waals surface area (Å²) in [5.74, 6) is 0.652. The predicted molar refractivity (Wildman–Crippen MR) is 79.4 cm³/mol. The lowest BCUT2D eigenvalue weighted by Crippen LogP contribution is -2.42. The predicted octanol–water partition coefficient (Wildman–Crippen LogP) is 1.55. The Kier molecular flexibility index (Phi) is 4.53. The maximum atomic E-state index is 11.6. The van der Waals surface area contributed by atoms with E-state index in [1.165, 1.54) is 0 Å². The highest BCUT2D eigenvalue weighted by Crippen LogP contribution is 2.24. The minimum Gasteiger partial charge on any atom is -0.488 e. The van der Waals surface area contributed by atoms with Gasteiger partial charge in [-0.05, 0) is 18.1 Å². The molecule has 1 aromatic carbocycles. The summed E-state index contributed by atoms with van der Waals surface area (Å²) in [6.45, 7) is 4.22. The average Bonchev–Trinajstić information content (AvgIpc) is 2.46. The van der Waals surface area contributed by atoms with Crippen LogP contribution < -0.4 is 15.9 Å². The summed E-state index contributed by atoms with van der Waals surface area (Å²) in [4.78, 5) is 11.6. The highest BCUT2D eigenvalue weighted by Gasteiger charge is 2.16. The van der Waals surface area contributed by atoms with Crippen molar-refractivity contribution in [1.29, 1.82) is 0 Å². The number of carbonyl (C=O) groups excluding carboxylic acids is 1. The third kappa shape index (κ3) is 3.45. The van der Waals surface area contributed by atoms with Crippen LogP contribution in [0.3, 0.4) is 0 Å². The topological polar surface area (TPSA) is 76.7 Å². The number of nitrogens with one attached hydrogen (secondary N) is 1. The van der Waals surface area contributed by atoms with Crippen molar-refractivity contribution < 1.29 is 9.53 Å². The van der Waals surface area contributed by atoms with Crippen molar-refractivity contribution in [2.24, 2.45) is 16.8 Å². The molecule has 0 saturated carbocycles. The van der Waals surface area contributed by atoms with E-state index < -0.39 is 6.04 Å². The molecule has 0 fully saturated rings. The van der Waals surface area contributed by atoms with Gasteiger partial charge in [-0.2, -0.15) is 5.10 Å². The smallest absolute Gasteiger partial charge is 0.257 e. The number of amides is 1. The average molecular weight is 273 g/mol. The van der Waals surface area contributed by atoms with Gasteiger partial charge in [0.15, 0.2) is 0 Å². The van der Waals surface area contributed by atoms with E-state index in [-0.39, 0.29) is 11.8 Å². The maximum absolute atomic E-state index is 11.6. The standard InChI is InChI=1S/C15H19N3O2/c1-10(2)14(16)15(19)18-17-8-11-7-12-5-3-4-6-13(12)20-9-11/h3-8,10,14H,9,16H2,1-2H3,(H,18,19)/b17-8-/t14-/m0/s1. The normalized spacial score (nSPS) is 15.5. The number of carbonyl (C=O) groups is 1.